The van der Waals surface area contributed by atoms with Crippen LogP contribution in [0.2, 0.25) is 0 Å². The van der Waals surface area contributed by atoms with Crippen LogP contribution in [0.3, 0.4) is 0 Å². The van der Waals surface area contributed by atoms with E-state index in [1.165, 1.54) is 5.56 Å². The van der Waals surface area contributed by atoms with Gasteiger partial charge in [-0.1, -0.05) is 32.9 Å². The molecule has 1 saturated heterocycles. The molecule has 0 radical (unpaired) electrons. The second-order valence-electron chi connectivity index (χ2n) is 10.1. The number of ether oxygens (including phenoxy) is 2. The molecule has 36 heavy (non-hydrogen) atoms. The second kappa shape index (κ2) is 9.62. The number of pyridine rings is 1. The molecular weight excluding hydrogens is 454 g/mol. The molecule has 0 spiro atoms. The summed E-state index contributed by atoms with van der Waals surface area (Å²) in [5.74, 6) is 2.21. The maximum atomic E-state index is 12.3. The molecule has 1 amide bonds. The summed E-state index contributed by atoms with van der Waals surface area (Å²) in [7, 11) is 1.98. The quantitative estimate of drug-likeness (QED) is 0.352. The van der Waals surface area contributed by atoms with Crippen LogP contribution in [0.5, 0.6) is 11.5 Å². The molecule has 2 N–H and O–H groups in total. The van der Waals surface area contributed by atoms with Crippen molar-refractivity contribution in [2.45, 2.75) is 45.1 Å². The number of rotatable bonds is 6. The Hall–Kier alpha value is -3.91. The second-order valence-corrected chi connectivity index (χ2v) is 10.1. The molecule has 2 aromatic heterocycles. The standard InChI is InChI=1S/C28H31N5O3/c1-28(2,3)18-7-5-8-19(15-18)30-27-31-22-16-20(10-11-23(22)33(27)4)36-21-12-13-29-25(17-21)32-26(34)24-9-6-14-35-24/h5,7-8,10-13,15-17,24H,6,9,14H2,1-4H3,(H,30,31)(H,29,32,34). The van der Waals surface area contributed by atoms with Crippen LogP contribution < -0.4 is 15.4 Å². The van der Waals surface area contributed by atoms with Crippen LogP contribution in [-0.4, -0.2) is 33.2 Å². The molecule has 1 atom stereocenters. The van der Waals surface area contributed by atoms with Gasteiger partial charge in [-0.2, -0.15) is 0 Å². The van der Waals surface area contributed by atoms with Crippen molar-refractivity contribution in [2.75, 3.05) is 17.2 Å². The van der Waals surface area contributed by atoms with E-state index in [9.17, 15) is 4.79 Å². The summed E-state index contributed by atoms with van der Waals surface area (Å²) in [6.07, 6.45) is 2.81. The lowest BCUT2D eigenvalue weighted by Crippen LogP contribution is -2.27. The first-order chi connectivity index (χ1) is 17.3. The van der Waals surface area contributed by atoms with E-state index in [1.54, 1.807) is 18.3 Å². The van der Waals surface area contributed by atoms with Crippen LogP contribution in [0.1, 0.15) is 39.2 Å². The number of nitrogens with one attached hydrogen (secondary N) is 2. The Bertz CT molecular complexity index is 1400. The molecule has 0 bridgehead atoms. The van der Waals surface area contributed by atoms with Gasteiger partial charge in [0, 0.05) is 37.7 Å². The molecule has 1 unspecified atom stereocenters. The van der Waals surface area contributed by atoms with Crippen molar-refractivity contribution in [3.8, 4) is 11.5 Å². The summed E-state index contributed by atoms with van der Waals surface area (Å²) in [4.78, 5) is 21.3. The molecule has 1 aliphatic heterocycles. The lowest BCUT2D eigenvalue weighted by molar-refractivity contribution is -0.124. The van der Waals surface area contributed by atoms with Gasteiger partial charge in [-0.05, 0) is 54.2 Å². The number of hydrogen-bond acceptors (Lipinski definition) is 6. The van der Waals surface area contributed by atoms with E-state index in [-0.39, 0.29) is 11.3 Å². The van der Waals surface area contributed by atoms with E-state index in [2.05, 4.69) is 54.6 Å². The molecule has 8 nitrogen and oxygen atoms in total. The summed E-state index contributed by atoms with van der Waals surface area (Å²) in [5, 5.41) is 6.25. The molecule has 3 heterocycles. The third kappa shape index (κ3) is 5.18. The highest BCUT2D eigenvalue weighted by Crippen LogP contribution is 2.30. The number of fused-ring (bicyclic) bond motifs is 1. The molecule has 5 rings (SSSR count). The van der Waals surface area contributed by atoms with Crippen molar-refractivity contribution >= 4 is 34.4 Å². The smallest absolute Gasteiger partial charge is 0.254 e. The Balaban J connectivity index is 1.32. The molecule has 8 heteroatoms. The number of carbonyl (C=O) groups excluding carboxylic acids is 1. The van der Waals surface area contributed by atoms with Crippen molar-refractivity contribution in [3.05, 3.63) is 66.4 Å². The Labute approximate surface area is 210 Å². The Kier molecular flexibility index (Phi) is 6.36. The lowest BCUT2D eigenvalue weighted by atomic mass is 9.87. The van der Waals surface area contributed by atoms with Crippen LogP contribution >= 0.6 is 0 Å². The molecule has 186 valence electrons. The summed E-state index contributed by atoms with van der Waals surface area (Å²) < 4.78 is 13.5. The van der Waals surface area contributed by atoms with Crippen LogP contribution in [0, 0.1) is 0 Å². The highest BCUT2D eigenvalue weighted by atomic mass is 16.5. The lowest BCUT2D eigenvalue weighted by Gasteiger charge is -2.20. The van der Waals surface area contributed by atoms with E-state index in [0.717, 1.165) is 35.5 Å². The monoisotopic (exact) mass is 485 g/mol. The van der Waals surface area contributed by atoms with E-state index >= 15 is 0 Å². The minimum atomic E-state index is -0.415. The number of benzene rings is 2. The van der Waals surface area contributed by atoms with Gasteiger partial charge in [0.2, 0.25) is 5.95 Å². The van der Waals surface area contributed by atoms with Crippen LogP contribution in [-0.2, 0) is 22.0 Å². The van der Waals surface area contributed by atoms with Crippen molar-refractivity contribution < 1.29 is 14.3 Å². The average Bonchev–Trinajstić information content (AvgIpc) is 3.48. The average molecular weight is 486 g/mol. The van der Waals surface area contributed by atoms with Gasteiger partial charge < -0.3 is 24.7 Å². The molecule has 0 aliphatic carbocycles. The summed E-state index contributed by atoms with van der Waals surface area (Å²) in [6, 6.07) is 17.6. The number of carbonyl (C=O) groups is 1. The molecule has 1 aliphatic rings. The molecule has 4 aromatic rings. The first kappa shape index (κ1) is 23.8. The molecular formula is C28H31N5O3. The predicted molar refractivity (Wildman–Crippen MR) is 141 cm³/mol. The number of hydrogen-bond donors (Lipinski definition) is 2. The molecule has 1 fully saturated rings. The maximum Gasteiger partial charge on any atom is 0.254 e. The van der Waals surface area contributed by atoms with E-state index in [0.29, 0.717) is 23.9 Å². The fourth-order valence-electron chi connectivity index (χ4n) is 4.22. The zero-order valence-electron chi connectivity index (χ0n) is 21.0. The van der Waals surface area contributed by atoms with Gasteiger partial charge in [0.05, 0.1) is 11.0 Å². The van der Waals surface area contributed by atoms with Crippen molar-refractivity contribution in [3.63, 3.8) is 0 Å². The number of anilines is 3. The molecule has 2 aromatic carbocycles. The summed E-state index contributed by atoms with van der Waals surface area (Å²) in [5.41, 5.74) is 4.11. The van der Waals surface area contributed by atoms with Crippen LogP contribution in [0.25, 0.3) is 11.0 Å². The van der Waals surface area contributed by atoms with E-state index < -0.39 is 6.10 Å². The largest absolute Gasteiger partial charge is 0.457 e. The zero-order valence-corrected chi connectivity index (χ0v) is 21.0. The van der Waals surface area contributed by atoms with E-state index in [4.69, 9.17) is 14.5 Å². The number of amides is 1. The molecule has 0 saturated carbocycles. The van der Waals surface area contributed by atoms with Gasteiger partial charge in [0.25, 0.3) is 5.91 Å². The van der Waals surface area contributed by atoms with Crippen molar-refractivity contribution in [1.82, 2.24) is 14.5 Å². The van der Waals surface area contributed by atoms with Crippen LogP contribution in [0.15, 0.2) is 60.8 Å². The number of imidazole rings is 1. The Morgan fingerprint density at radius 3 is 2.72 bits per heavy atom. The van der Waals surface area contributed by atoms with Gasteiger partial charge in [-0.15, -0.1) is 0 Å². The minimum absolute atomic E-state index is 0.0657. The third-order valence-corrected chi connectivity index (χ3v) is 6.28. The SMILES string of the molecule is Cn1c(Nc2cccc(C(C)(C)C)c2)nc2cc(Oc3ccnc(NC(=O)C4CCCO4)c3)ccc21. The predicted octanol–water partition coefficient (Wildman–Crippen LogP) is 5.92. The van der Waals surface area contributed by atoms with Gasteiger partial charge in [-0.3, -0.25) is 4.79 Å². The summed E-state index contributed by atoms with van der Waals surface area (Å²) in [6.45, 7) is 7.22. The topological polar surface area (TPSA) is 90.3 Å². The maximum absolute atomic E-state index is 12.3. The van der Waals surface area contributed by atoms with Gasteiger partial charge >= 0.3 is 0 Å². The zero-order chi connectivity index (χ0) is 25.3. The Morgan fingerprint density at radius 2 is 1.94 bits per heavy atom. The fraction of sp³-hybridized carbons (Fsp3) is 0.321. The van der Waals surface area contributed by atoms with Gasteiger partial charge in [-0.25, -0.2) is 9.97 Å². The van der Waals surface area contributed by atoms with Gasteiger partial charge in [0.15, 0.2) is 0 Å². The minimum Gasteiger partial charge on any atom is -0.457 e. The van der Waals surface area contributed by atoms with Crippen molar-refractivity contribution in [1.29, 1.82) is 0 Å². The third-order valence-electron chi connectivity index (χ3n) is 6.28. The van der Waals surface area contributed by atoms with Crippen molar-refractivity contribution in [2.24, 2.45) is 7.05 Å². The number of aromatic nitrogens is 3. The van der Waals surface area contributed by atoms with Crippen LogP contribution in [0.4, 0.5) is 17.5 Å². The normalized spacial score (nSPS) is 15.7. The highest BCUT2D eigenvalue weighted by Gasteiger charge is 2.24. The highest BCUT2D eigenvalue weighted by molar-refractivity contribution is 5.93. The number of aryl methyl sites for hydroxylation is 1. The first-order valence-corrected chi connectivity index (χ1v) is 12.2. The van der Waals surface area contributed by atoms with E-state index in [1.807, 2.05) is 35.9 Å². The fourth-order valence-corrected chi connectivity index (χ4v) is 4.22. The Morgan fingerprint density at radius 1 is 1.11 bits per heavy atom. The summed E-state index contributed by atoms with van der Waals surface area (Å²) >= 11 is 0. The first-order valence-electron chi connectivity index (χ1n) is 12.2. The van der Waals surface area contributed by atoms with Gasteiger partial charge in [0.1, 0.15) is 23.4 Å². The number of nitrogens with zero attached hydrogens (tertiary/aromatic N) is 3.